The van der Waals surface area contributed by atoms with E-state index in [0.717, 1.165) is 5.52 Å². The van der Waals surface area contributed by atoms with Crippen molar-refractivity contribution in [1.29, 1.82) is 0 Å². The first-order chi connectivity index (χ1) is 11.2. The van der Waals surface area contributed by atoms with Crippen LogP contribution >= 0.6 is 0 Å². The number of esters is 1. The monoisotopic (exact) mass is 313 g/mol. The van der Waals surface area contributed by atoms with Crippen molar-refractivity contribution < 1.29 is 18.7 Å². The van der Waals surface area contributed by atoms with Crippen molar-refractivity contribution in [2.24, 2.45) is 0 Å². The molecule has 7 nitrogen and oxygen atoms in total. The molecule has 0 spiro atoms. The molecule has 1 N–H and O–H groups in total. The summed E-state index contributed by atoms with van der Waals surface area (Å²) in [6.07, 6.45) is 0.845. The number of para-hydroxylation sites is 2. The number of ether oxygens (including phenoxy) is 2. The van der Waals surface area contributed by atoms with Gasteiger partial charge in [0, 0.05) is 6.07 Å². The van der Waals surface area contributed by atoms with Crippen molar-refractivity contribution >= 4 is 28.8 Å². The summed E-state index contributed by atoms with van der Waals surface area (Å²) in [7, 11) is 1.31. The lowest BCUT2D eigenvalue weighted by Crippen LogP contribution is -2.25. The maximum absolute atomic E-state index is 11.3. The van der Waals surface area contributed by atoms with Gasteiger partial charge in [-0.05, 0) is 25.1 Å². The summed E-state index contributed by atoms with van der Waals surface area (Å²) in [5.74, 6) is -0.133. The van der Waals surface area contributed by atoms with E-state index in [-0.39, 0.29) is 0 Å². The highest BCUT2D eigenvalue weighted by atomic mass is 16.6. The van der Waals surface area contributed by atoms with E-state index in [2.05, 4.69) is 20.0 Å². The third-order valence-corrected chi connectivity index (χ3v) is 3.11. The molecule has 2 aromatic heterocycles. The van der Waals surface area contributed by atoms with Crippen molar-refractivity contribution in [3.8, 4) is 5.88 Å². The molecule has 0 saturated carbocycles. The quantitative estimate of drug-likeness (QED) is 0.725. The van der Waals surface area contributed by atoms with Crippen LogP contribution in [-0.2, 0) is 9.53 Å². The maximum atomic E-state index is 11.3. The van der Waals surface area contributed by atoms with Gasteiger partial charge in [0.05, 0.1) is 19.0 Å². The van der Waals surface area contributed by atoms with E-state index in [1.54, 1.807) is 25.3 Å². The van der Waals surface area contributed by atoms with Crippen LogP contribution in [0.3, 0.4) is 0 Å². The molecule has 3 aromatic rings. The number of nitrogens with zero attached hydrogens (tertiary/aromatic N) is 2. The van der Waals surface area contributed by atoms with Crippen molar-refractivity contribution in [2.75, 3.05) is 12.4 Å². The molecule has 0 aliphatic carbocycles. The summed E-state index contributed by atoms with van der Waals surface area (Å²) in [5, 5.41) is 3.02. The molecule has 23 heavy (non-hydrogen) atoms. The second kappa shape index (κ2) is 6.35. The van der Waals surface area contributed by atoms with Crippen molar-refractivity contribution in [1.82, 2.24) is 9.97 Å². The number of anilines is 2. The smallest absolute Gasteiger partial charge is 0.346 e. The first-order valence-electron chi connectivity index (χ1n) is 6.99. The second-order valence-electron chi connectivity index (χ2n) is 4.78. The number of benzene rings is 1. The van der Waals surface area contributed by atoms with Gasteiger partial charge in [-0.2, -0.15) is 4.98 Å². The van der Waals surface area contributed by atoms with Gasteiger partial charge in [0.1, 0.15) is 5.52 Å². The predicted molar refractivity (Wildman–Crippen MR) is 83.6 cm³/mol. The number of carbonyl (C=O) groups excluding carboxylic acids is 1. The number of oxazole rings is 1. The molecule has 3 rings (SSSR count). The number of hydrogen-bond donors (Lipinski definition) is 1. The van der Waals surface area contributed by atoms with Crippen LogP contribution in [0, 0.1) is 0 Å². The number of rotatable bonds is 5. The van der Waals surface area contributed by atoms with Gasteiger partial charge in [0.15, 0.2) is 11.7 Å². The summed E-state index contributed by atoms with van der Waals surface area (Å²) in [5.41, 5.74) is 2.17. The molecule has 118 valence electrons. The number of nitrogens with one attached hydrogen (secondary N) is 1. The number of aromatic nitrogens is 2. The summed E-state index contributed by atoms with van der Waals surface area (Å²) >= 11 is 0. The Morgan fingerprint density at radius 1 is 1.26 bits per heavy atom. The topological polar surface area (TPSA) is 86.5 Å². The van der Waals surface area contributed by atoms with Crippen molar-refractivity contribution in [3.63, 3.8) is 0 Å². The van der Waals surface area contributed by atoms with Gasteiger partial charge in [0.2, 0.25) is 5.88 Å². The molecule has 0 bridgehead atoms. The molecule has 7 heteroatoms. The highest BCUT2D eigenvalue weighted by Crippen LogP contribution is 2.22. The van der Waals surface area contributed by atoms with E-state index >= 15 is 0 Å². The summed E-state index contributed by atoms with van der Waals surface area (Å²) in [4.78, 5) is 19.7. The third-order valence-electron chi connectivity index (χ3n) is 3.11. The fraction of sp³-hybridized carbons (Fsp3) is 0.188. The van der Waals surface area contributed by atoms with Crippen LogP contribution < -0.4 is 10.1 Å². The molecule has 0 radical (unpaired) electrons. The fourth-order valence-electron chi connectivity index (χ4n) is 1.97. The van der Waals surface area contributed by atoms with Gasteiger partial charge in [-0.15, -0.1) is 0 Å². The fourth-order valence-corrected chi connectivity index (χ4v) is 1.97. The van der Waals surface area contributed by atoms with Crippen LogP contribution in [0.15, 0.2) is 47.0 Å². The zero-order chi connectivity index (χ0) is 16.2. The Morgan fingerprint density at radius 2 is 2.09 bits per heavy atom. The lowest BCUT2D eigenvalue weighted by Gasteiger charge is -2.11. The SMILES string of the molecule is COC(=O)C(C)Oc1ccc(Nc2nc3ccccc3o2)cn1. The van der Waals surface area contributed by atoms with Crippen LogP contribution in [0.1, 0.15) is 6.92 Å². The number of fused-ring (bicyclic) bond motifs is 1. The Bertz CT molecular complexity index is 781. The average molecular weight is 313 g/mol. The maximum Gasteiger partial charge on any atom is 0.346 e. The molecule has 1 aromatic carbocycles. The largest absolute Gasteiger partial charge is 0.466 e. The minimum Gasteiger partial charge on any atom is -0.466 e. The number of pyridine rings is 1. The first-order valence-corrected chi connectivity index (χ1v) is 6.99. The van der Waals surface area contributed by atoms with Crippen LogP contribution in [0.4, 0.5) is 11.7 Å². The van der Waals surface area contributed by atoms with Crippen LogP contribution in [0.2, 0.25) is 0 Å². The van der Waals surface area contributed by atoms with Crippen LogP contribution in [0.5, 0.6) is 5.88 Å². The van der Waals surface area contributed by atoms with Crippen molar-refractivity contribution in [3.05, 3.63) is 42.6 Å². The first kappa shape index (κ1) is 14.8. The zero-order valence-corrected chi connectivity index (χ0v) is 12.6. The lowest BCUT2D eigenvalue weighted by atomic mass is 10.3. The van der Waals surface area contributed by atoms with E-state index in [4.69, 9.17) is 9.15 Å². The van der Waals surface area contributed by atoms with E-state index < -0.39 is 12.1 Å². The minimum atomic E-state index is -0.719. The van der Waals surface area contributed by atoms with Gasteiger partial charge in [-0.25, -0.2) is 9.78 Å². The Balaban J connectivity index is 1.68. The Morgan fingerprint density at radius 3 is 2.78 bits per heavy atom. The molecule has 1 unspecified atom stereocenters. The average Bonchev–Trinajstić information content (AvgIpc) is 2.98. The Hall–Kier alpha value is -3.09. The van der Waals surface area contributed by atoms with E-state index in [1.165, 1.54) is 7.11 Å². The molecule has 0 fully saturated rings. The number of carbonyl (C=O) groups is 1. The summed E-state index contributed by atoms with van der Waals surface area (Å²) < 4.78 is 15.5. The third kappa shape index (κ3) is 3.39. The Kier molecular flexibility index (Phi) is 4.09. The van der Waals surface area contributed by atoms with Gasteiger partial charge in [-0.1, -0.05) is 12.1 Å². The molecule has 0 aliphatic heterocycles. The number of methoxy groups -OCH3 is 1. The minimum absolute atomic E-state index is 0.325. The van der Waals surface area contributed by atoms with Gasteiger partial charge >= 0.3 is 5.97 Å². The van der Waals surface area contributed by atoms with Gasteiger partial charge < -0.3 is 19.2 Å². The highest BCUT2D eigenvalue weighted by Gasteiger charge is 2.15. The number of hydrogen-bond acceptors (Lipinski definition) is 7. The van der Waals surface area contributed by atoms with Crippen LogP contribution in [0.25, 0.3) is 11.1 Å². The molecule has 0 saturated heterocycles. The van der Waals surface area contributed by atoms with Crippen molar-refractivity contribution in [2.45, 2.75) is 13.0 Å². The molecule has 0 aliphatic rings. The molecule has 2 heterocycles. The van der Waals surface area contributed by atoms with E-state index in [9.17, 15) is 4.79 Å². The normalized spacial score (nSPS) is 11.9. The molecule has 1 atom stereocenters. The predicted octanol–water partition coefficient (Wildman–Crippen LogP) is 2.91. The standard InChI is InChI=1S/C16H15N3O4/c1-10(15(20)21-2)22-14-8-7-11(9-17-14)18-16-19-12-5-3-4-6-13(12)23-16/h3-10H,1-2H3,(H,18,19). The second-order valence-corrected chi connectivity index (χ2v) is 4.78. The zero-order valence-electron chi connectivity index (χ0n) is 12.6. The summed E-state index contributed by atoms with van der Waals surface area (Å²) in [6, 6.07) is 11.3. The molecule has 0 amide bonds. The Labute approximate surface area is 132 Å². The molecular weight excluding hydrogens is 298 g/mol. The van der Waals surface area contributed by atoms with E-state index in [0.29, 0.717) is 23.2 Å². The van der Waals surface area contributed by atoms with Gasteiger partial charge in [-0.3, -0.25) is 0 Å². The van der Waals surface area contributed by atoms with Crippen LogP contribution in [-0.4, -0.2) is 29.2 Å². The van der Waals surface area contributed by atoms with E-state index in [1.807, 2.05) is 24.3 Å². The highest BCUT2D eigenvalue weighted by molar-refractivity contribution is 5.75. The summed E-state index contributed by atoms with van der Waals surface area (Å²) in [6.45, 7) is 1.60. The van der Waals surface area contributed by atoms with Gasteiger partial charge in [0.25, 0.3) is 6.01 Å². The lowest BCUT2D eigenvalue weighted by molar-refractivity contribution is -0.148. The molecular formula is C16H15N3O4.